The van der Waals surface area contributed by atoms with Gasteiger partial charge >= 0.3 is 0 Å². The van der Waals surface area contributed by atoms with E-state index >= 15 is 0 Å². The number of amides is 1. The molecule has 5 heteroatoms. The average Bonchev–Trinajstić information content (AvgIpc) is 2.47. The van der Waals surface area contributed by atoms with Gasteiger partial charge in [0.1, 0.15) is 5.82 Å². The molecular weight excluding hydrogens is 259 g/mol. The topological polar surface area (TPSA) is 41.6 Å². The fraction of sp³-hybridized carbons (Fsp3) is 0.533. The lowest BCUT2D eigenvalue weighted by Crippen LogP contribution is -2.41. The Bertz CT molecular complexity index is 459. The first-order valence-corrected chi connectivity index (χ1v) is 6.98. The molecule has 0 aliphatic carbocycles. The van der Waals surface area contributed by atoms with Crippen molar-refractivity contribution in [3.05, 3.63) is 35.1 Å². The molecule has 1 aliphatic heterocycles. The number of nitrogens with one attached hydrogen (secondary N) is 1. The van der Waals surface area contributed by atoms with Crippen LogP contribution in [0.2, 0.25) is 0 Å². The fourth-order valence-electron chi connectivity index (χ4n) is 2.22. The van der Waals surface area contributed by atoms with Crippen LogP contribution in [0.3, 0.4) is 0 Å². The molecule has 0 radical (unpaired) electrons. The molecule has 20 heavy (non-hydrogen) atoms. The summed E-state index contributed by atoms with van der Waals surface area (Å²) in [7, 11) is 0. The second kappa shape index (κ2) is 7.36. The van der Waals surface area contributed by atoms with Gasteiger partial charge in [0.15, 0.2) is 0 Å². The summed E-state index contributed by atoms with van der Waals surface area (Å²) in [5.41, 5.74) is 1.99. The van der Waals surface area contributed by atoms with Crippen molar-refractivity contribution in [3.63, 3.8) is 0 Å². The van der Waals surface area contributed by atoms with Crippen LogP contribution in [0.15, 0.2) is 18.2 Å². The van der Waals surface area contributed by atoms with E-state index in [2.05, 4.69) is 5.32 Å². The Kier molecular flexibility index (Phi) is 5.49. The van der Waals surface area contributed by atoms with Crippen LogP contribution in [0.4, 0.5) is 4.39 Å². The fourth-order valence-corrected chi connectivity index (χ4v) is 2.22. The number of carbonyl (C=O) groups is 1. The molecule has 110 valence electrons. The molecule has 0 atom stereocenters. The molecular formula is C15H21FN2O2. The van der Waals surface area contributed by atoms with E-state index < -0.39 is 0 Å². The van der Waals surface area contributed by atoms with Gasteiger partial charge in [0.2, 0.25) is 5.91 Å². The molecule has 0 saturated carbocycles. The Morgan fingerprint density at radius 1 is 1.40 bits per heavy atom. The molecule has 0 unspecified atom stereocenters. The minimum atomic E-state index is -0.225. The summed E-state index contributed by atoms with van der Waals surface area (Å²) in [6, 6.07) is 4.76. The molecule has 4 nitrogen and oxygen atoms in total. The van der Waals surface area contributed by atoms with Gasteiger partial charge in [-0.15, -0.1) is 0 Å². The number of rotatable bonds is 5. The third kappa shape index (κ3) is 4.28. The quantitative estimate of drug-likeness (QED) is 0.831. The first-order chi connectivity index (χ1) is 9.66. The molecule has 1 aromatic carbocycles. The van der Waals surface area contributed by atoms with Gasteiger partial charge in [0, 0.05) is 32.6 Å². The number of nitrogens with zero attached hydrogens (tertiary/aromatic N) is 1. The van der Waals surface area contributed by atoms with Gasteiger partial charge < -0.3 is 15.0 Å². The number of halogens is 1. The molecule has 1 N–H and O–H groups in total. The zero-order valence-electron chi connectivity index (χ0n) is 11.8. The molecule has 0 spiro atoms. The second-order valence-corrected chi connectivity index (χ2v) is 4.99. The van der Waals surface area contributed by atoms with Crippen molar-refractivity contribution in [2.75, 3.05) is 32.8 Å². The Balaban J connectivity index is 1.70. The van der Waals surface area contributed by atoms with Crippen molar-refractivity contribution in [2.45, 2.75) is 19.9 Å². The molecule has 1 amide bonds. The number of aryl methyl sites for hydroxylation is 1. The van der Waals surface area contributed by atoms with Crippen LogP contribution in [0, 0.1) is 12.7 Å². The van der Waals surface area contributed by atoms with E-state index in [-0.39, 0.29) is 11.7 Å². The average molecular weight is 280 g/mol. The van der Waals surface area contributed by atoms with Crippen molar-refractivity contribution in [2.24, 2.45) is 0 Å². The van der Waals surface area contributed by atoms with E-state index in [1.807, 2.05) is 11.8 Å². The Hall–Kier alpha value is -1.46. The number of morpholine rings is 1. The summed E-state index contributed by atoms with van der Waals surface area (Å²) in [6.07, 6.45) is 0.467. The SMILES string of the molecule is Cc1ccc(F)cc1CNCCC(=O)N1CCOCC1. The Morgan fingerprint density at radius 2 is 2.15 bits per heavy atom. The molecule has 0 aromatic heterocycles. The van der Waals surface area contributed by atoms with Crippen LogP contribution in [0.25, 0.3) is 0 Å². The third-order valence-electron chi connectivity index (χ3n) is 3.51. The first-order valence-electron chi connectivity index (χ1n) is 6.98. The van der Waals surface area contributed by atoms with E-state index in [0.29, 0.717) is 45.8 Å². The zero-order chi connectivity index (χ0) is 14.4. The maximum atomic E-state index is 13.1. The van der Waals surface area contributed by atoms with Gasteiger partial charge in [0.25, 0.3) is 0 Å². The van der Waals surface area contributed by atoms with Gasteiger partial charge in [-0.25, -0.2) is 4.39 Å². The van der Waals surface area contributed by atoms with Crippen molar-refractivity contribution in [1.82, 2.24) is 10.2 Å². The maximum absolute atomic E-state index is 13.1. The molecule has 1 aromatic rings. The van der Waals surface area contributed by atoms with E-state index in [1.165, 1.54) is 12.1 Å². The van der Waals surface area contributed by atoms with Gasteiger partial charge in [-0.3, -0.25) is 4.79 Å². The highest BCUT2D eigenvalue weighted by Crippen LogP contribution is 2.09. The van der Waals surface area contributed by atoms with Crippen molar-refractivity contribution >= 4 is 5.91 Å². The Labute approximate surface area is 118 Å². The predicted molar refractivity (Wildman–Crippen MR) is 74.9 cm³/mol. The summed E-state index contributed by atoms with van der Waals surface area (Å²) in [4.78, 5) is 13.7. The summed E-state index contributed by atoms with van der Waals surface area (Å²) in [6.45, 7) is 5.76. The van der Waals surface area contributed by atoms with Gasteiger partial charge in [-0.05, 0) is 30.2 Å². The number of hydrogen-bond acceptors (Lipinski definition) is 3. The maximum Gasteiger partial charge on any atom is 0.224 e. The number of ether oxygens (including phenoxy) is 1. The lowest BCUT2D eigenvalue weighted by molar-refractivity contribution is -0.135. The summed E-state index contributed by atoms with van der Waals surface area (Å²) in [5.74, 6) is -0.0754. The van der Waals surface area contributed by atoms with Crippen LogP contribution in [-0.4, -0.2) is 43.7 Å². The Morgan fingerprint density at radius 3 is 2.90 bits per heavy atom. The molecule has 2 rings (SSSR count). The van der Waals surface area contributed by atoms with Gasteiger partial charge in [-0.1, -0.05) is 6.07 Å². The first kappa shape index (κ1) is 14.9. The minimum Gasteiger partial charge on any atom is -0.378 e. The van der Waals surface area contributed by atoms with Gasteiger partial charge in [0.05, 0.1) is 13.2 Å². The highest BCUT2D eigenvalue weighted by atomic mass is 19.1. The largest absolute Gasteiger partial charge is 0.378 e. The van der Waals surface area contributed by atoms with Crippen molar-refractivity contribution < 1.29 is 13.9 Å². The molecule has 1 saturated heterocycles. The monoisotopic (exact) mass is 280 g/mol. The standard InChI is InChI=1S/C15H21FN2O2/c1-12-2-3-14(16)10-13(12)11-17-5-4-15(19)18-6-8-20-9-7-18/h2-3,10,17H,4-9,11H2,1H3. The summed E-state index contributed by atoms with van der Waals surface area (Å²) >= 11 is 0. The smallest absolute Gasteiger partial charge is 0.224 e. The molecule has 0 bridgehead atoms. The second-order valence-electron chi connectivity index (χ2n) is 4.99. The molecule has 1 fully saturated rings. The number of hydrogen-bond donors (Lipinski definition) is 1. The van der Waals surface area contributed by atoms with Gasteiger partial charge in [-0.2, -0.15) is 0 Å². The number of benzene rings is 1. The van der Waals surface area contributed by atoms with Crippen molar-refractivity contribution in [3.8, 4) is 0 Å². The lowest BCUT2D eigenvalue weighted by Gasteiger charge is -2.26. The van der Waals surface area contributed by atoms with Crippen LogP contribution >= 0.6 is 0 Å². The van der Waals surface area contributed by atoms with E-state index in [0.717, 1.165) is 11.1 Å². The van der Waals surface area contributed by atoms with Crippen LogP contribution in [0.5, 0.6) is 0 Å². The predicted octanol–water partition coefficient (Wildman–Crippen LogP) is 1.47. The van der Waals surface area contributed by atoms with E-state index in [4.69, 9.17) is 4.74 Å². The molecule has 1 aliphatic rings. The van der Waals surface area contributed by atoms with Crippen molar-refractivity contribution in [1.29, 1.82) is 0 Å². The normalized spacial score (nSPS) is 15.4. The molecule has 1 heterocycles. The lowest BCUT2D eigenvalue weighted by atomic mass is 10.1. The third-order valence-corrected chi connectivity index (χ3v) is 3.51. The highest BCUT2D eigenvalue weighted by Gasteiger charge is 2.15. The zero-order valence-corrected chi connectivity index (χ0v) is 11.8. The van der Waals surface area contributed by atoms with E-state index in [1.54, 1.807) is 6.07 Å². The minimum absolute atomic E-state index is 0.150. The van der Waals surface area contributed by atoms with E-state index in [9.17, 15) is 9.18 Å². The summed E-state index contributed by atoms with van der Waals surface area (Å²) < 4.78 is 18.3. The summed E-state index contributed by atoms with van der Waals surface area (Å²) in [5, 5.41) is 3.19. The van der Waals surface area contributed by atoms with Crippen LogP contribution in [-0.2, 0) is 16.1 Å². The van der Waals surface area contributed by atoms with Crippen LogP contribution in [0.1, 0.15) is 17.5 Å². The number of carbonyl (C=O) groups excluding carboxylic acids is 1. The van der Waals surface area contributed by atoms with Crippen LogP contribution < -0.4 is 5.32 Å². The highest BCUT2D eigenvalue weighted by molar-refractivity contribution is 5.76.